The molecule has 0 unspecified atom stereocenters. The molecule has 0 bridgehead atoms. The smallest absolute Gasteiger partial charge is 0.138 e. The molecule has 0 aliphatic carbocycles. The van der Waals surface area contributed by atoms with E-state index in [4.69, 9.17) is 11.6 Å². The Balaban J connectivity index is 1.80. The minimum Gasteiger partial charge on any atom is -0.367 e. The van der Waals surface area contributed by atoms with Crippen molar-refractivity contribution >= 4 is 23.1 Å². The number of hydrogen-bond donors (Lipinski definition) is 1. The molecule has 0 amide bonds. The molecule has 4 heteroatoms. The van der Waals surface area contributed by atoms with Crippen LogP contribution in [0.5, 0.6) is 0 Å². The van der Waals surface area contributed by atoms with Crippen molar-refractivity contribution in [2.24, 2.45) is 0 Å². The maximum atomic E-state index is 5.85. The van der Waals surface area contributed by atoms with Crippen molar-refractivity contribution in [2.75, 3.05) is 5.32 Å². The van der Waals surface area contributed by atoms with E-state index < -0.39 is 0 Å². The van der Waals surface area contributed by atoms with Gasteiger partial charge < -0.3 is 5.32 Å². The number of halogens is 1. The number of benzene rings is 1. The van der Waals surface area contributed by atoms with E-state index in [-0.39, 0.29) is 0 Å². The number of aromatic nitrogens is 2. The number of hydrogen-bond acceptors (Lipinski definition) is 2. The fraction of sp³-hybridized carbons (Fsp3) is 0.133. The molecule has 3 aromatic rings. The zero-order valence-corrected chi connectivity index (χ0v) is 11.1. The molecule has 0 atom stereocenters. The van der Waals surface area contributed by atoms with Crippen LogP contribution in [0.15, 0.2) is 54.9 Å². The molecule has 96 valence electrons. The Morgan fingerprint density at radius 3 is 2.84 bits per heavy atom. The molecule has 0 aliphatic heterocycles. The SMILES string of the molecule is ClCc1cccc(CNc2cccc3nccn23)c1. The van der Waals surface area contributed by atoms with Crippen LogP contribution in [0.2, 0.25) is 0 Å². The number of anilines is 1. The van der Waals surface area contributed by atoms with E-state index in [1.54, 1.807) is 6.20 Å². The lowest BCUT2D eigenvalue weighted by atomic mass is 10.1. The Morgan fingerprint density at radius 1 is 1.11 bits per heavy atom. The van der Waals surface area contributed by atoms with Gasteiger partial charge in [-0.05, 0) is 23.3 Å². The van der Waals surface area contributed by atoms with E-state index in [1.165, 1.54) is 5.56 Å². The zero-order chi connectivity index (χ0) is 13.1. The highest BCUT2D eigenvalue weighted by Gasteiger charge is 2.00. The molecule has 0 saturated heterocycles. The minimum absolute atomic E-state index is 0.547. The fourth-order valence-electron chi connectivity index (χ4n) is 2.11. The molecule has 19 heavy (non-hydrogen) atoms. The molecule has 0 aliphatic rings. The van der Waals surface area contributed by atoms with Crippen LogP contribution in [0.25, 0.3) is 5.65 Å². The summed E-state index contributed by atoms with van der Waals surface area (Å²) in [6.45, 7) is 0.766. The second kappa shape index (κ2) is 5.33. The van der Waals surface area contributed by atoms with Gasteiger partial charge in [-0.25, -0.2) is 4.98 Å². The normalized spacial score (nSPS) is 10.8. The number of rotatable bonds is 4. The van der Waals surface area contributed by atoms with Crippen LogP contribution >= 0.6 is 11.6 Å². The Kier molecular flexibility index (Phi) is 3.38. The third-order valence-corrected chi connectivity index (χ3v) is 3.36. The fourth-order valence-corrected chi connectivity index (χ4v) is 2.27. The number of imidazole rings is 1. The average molecular weight is 272 g/mol. The Bertz CT molecular complexity index is 690. The lowest BCUT2D eigenvalue weighted by Gasteiger charge is -2.09. The molecule has 1 N–H and O–H groups in total. The molecule has 3 rings (SSSR count). The van der Waals surface area contributed by atoms with Gasteiger partial charge in [0.15, 0.2) is 0 Å². The maximum absolute atomic E-state index is 5.85. The molecule has 0 fully saturated rings. The second-order valence-corrected chi connectivity index (χ2v) is 4.64. The molecule has 1 aromatic carbocycles. The van der Waals surface area contributed by atoms with E-state index in [2.05, 4.69) is 22.4 Å². The number of fused-ring (bicyclic) bond motifs is 1. The van der Waals surface area contributed by atoms with Crippen LogP contribution < -0.4 is 5.32 Å². The zero-order valence-electron chi connectivity index (χ0n) is 10.4. The molecule has 2 aromatic heterocycles. The number of nitrogens with one attached hydrogen (secondary N) is 1. The first-order valence-electron chi connectivity index (χ1n) is 6.16. The van der Waals surface area contributed by atoms with E-state index in [0.29, 0.717) is 5.88 Å². The molecule has 0 saturated carbocycles. The van der Waals surface area contributed by atoms with Gasteiger partial charge in [0, 0.05) is 24.8 Å². The summed E-state index contributed by atoms with van der Waals surface area (Å²) in [4.78, 5) is 4.27. The maximum Gasteiger partial charge on any atom is 0.138 e. The third-order valence-electron chi connectivity index (χ3n) is 3.05. The quantitative estimate of drug-likeness (QED) is 0.734. The predicted octanol–water partition coefficient (Wildman–Crippen LogP) is 3.69. The lowest BCUT2D eigenvalue weighted by Crippen LogP contribution is -2.03. The van der Waals surface area contributed by atoms with Gasteiger partial charge in [0.25, 0.3) is 0 Å². The molecular weight excluding hydrogens is 258 g/mol. The Labute approximate surface area is 116 Å². The summed E-state index contributed by atoms with van der Waals surface area (Å²) in [6, 6.07) is 14.3. The van der Waals surface area contributed by atoms with E-state index in [1.807, 2.05) is 40.9 Å². The predicted molar refractivity (Wildman–Crippen MR) is 78.5 cm³/mol. The van der Waals surface area contributed by atoms with Crippen LogP contribution in [0.1, 0.15) is 11.1 Å². The van der Waals surface area contributed by atoms with Gasteiger partial charge in [0.1, 0.15) is 11.5 Å². The molecule has 0 spiro atoms. The van der Waals surface area contributed by atoms with Crippen molar-refractivity contribution in [3.8, 4) is 0 Å². The van der Waals surface area contributed by atoms with Crippen molar-refractivity contribution in [1.29, 1.82) is 0 Å². The van der Waals surface area contributed by atoms with Crippen molar-refractivity contribution in [3.63, 3.8) is 0 Å². The van der Waals surface area contributed by atoms with Gasteiger partial charge in [-0.2, -0.15) is 0 Å². The molecule has 0 radical (unpaired) electrons. The van der Waals surface area contributed by atoms with Crippen LogP contribution in [-0.2, 0) is 12.4 Å². The molecule has 2 heterocycles. The van der Waals surface area contributed by atoms with Gasteiger partial charge in [-0.1, -0.05) is 30.3 Å². The van der Waals surface area contributed by atoms with Gasteiger partial charge >= 0.3 is 0 Å². The lowest BCUT2D eigenvalue weighted by molar-refractivity contribution is 1.07. The first kappa shape index (κ1) is 12.1. The van der Waals surface area contributed by atoms with Crippen LogP contribution in [0.4, 0.5) is 5.82 Å². The average Bonchev–Trinajstić information content (AvgIpc) is 2.94. The number of alkyl halides is 1. The van der Waals surface area contributed by atoms with E-state index >= 15 is 0 Å². The van der Waals surface area contributed by atoms with Crippen molar-refractivity contribution in [2.45, 2.75) is 12.4 Å². The molecule has 3 nitrogen and oxygen atoms in total. The topological polar surface area (TPSA) is 29.3 Å². The Morgan fingerprint density at radius 2 is 1.95 bits per heavy atom. The van der Waals surface area contributed by atoms with Gasteiger partial charge in [0.2, 0.25) is 0 Å². The van der Waals surface area contributed by atoms with E-state index in [9.17, 15) is 0 Å². The summed E-state index contributed by atoms with van der Waals surface area (Å²) in [5.74, 6) is 1.58. The summed E-state index contributed by atoms with van der Waals surface area (Å²) >= 11 is 5.85. The van der Waals surface area contributed by atoms with Crippen LogP contribution in [0.3, 0.4) is 0 Å². The first-order valence-corrected chi connectivity index (χ1v) is 6.70. The summed E-state index contributed by atoms with van der Waals surface area (Å²) in [5.41, 5.74) is 3.30. The Hall–Kier alpha value is -2.00. The van der Waals surface area contributed by atoms with Crippen molar-refractivity contribution in [1.82, 2.24) is 9.38 Å². The van der Waals surface area contributed by atoms with Gasteiger partial charge in [-0.3, -0.25) is 4.40 Å². The minimum atomic E-state index is 0.547. The van der Waals surface area contributed by atoms with Gasteiger partial charge in [0.05, 0.1) is 0 Å². The van der Waals surface area contributed by atoms with Crippen molar-refractivity contribution < 1.29 is 0 Å². The second-order valence-electron chi connectivity index (χ2n) is 4.37. The highest BCUT2D eigenvalue weighted by atomic mass is 35.5. The number of nitrogens with zero attached hydrogens (tertiary/aromatic N) is 2. The first-order chi connectivity index (χ1) is 9.36. The third kappa shape index (κ3) is 2.56. The summed E-state index contributed by atoms with van der Waals surface area (Å²) in [6.07, 6.45) is 3.75. The van der Waals surface area contributed by atoms with Crippen molar-refractivity contribution in [3.05, 3.63) is 66.0 Å². The highest BCUT2D eigenvalue weighted by molar-refractivity contribution is 6.17. The van der Waals surface area contributed by atoms with Gasteiger partial charge in [-0.15, -0.1) is 11.6 Å². The summed E-state index contributed by atoms with van der Waals surface area (Å²) in [7, 11) is 0. The highest BCUT2D eigenvalue weighted by Crippen LogP contribution is 2.13. The van der Waals surface area contributed by atoms with E-state index in [0.717, 1.165) is 23.6 Å². The standard InChI is InChI=1S/C15H14ClN3/c16-10-12-3-1-4-13(9-12)11-18-15-6-2-5-14-17-7-8-19(14)15/h1-9,18H,10-11H2. The number of pyridine rings is 1. The van der Waals surface area contributed by atoms with Crippen LogP contribution in [0, 0.1) is 0 Å². The monoisotopic (exact) mass is 271 g/mol. The summed E-state index contributed by atoms with van der Waals surface area (Å²) in [5, 5.41) is 3.42. The largest absolute Gasteiger partial charge is 0.367 e. The molecular formula is C15H14ClN3. The summed E-state index contributed by atoms with van der Waals surface area (Å²) < 4.78 is 2.03. The van der Waals surface area contributed by atoms with Crippen LogP contribution in [-0.4, -0.2) is 9.38 Å².